The highest BCUT2D eigenvalue weighted by Gasteiger charge is 2.42. The number of aliphatic carboxylic acids is 1. The summed E-state index contributed by atoms with van der Waals surface area (Å²) >= 11 is 0. The number of hydrogen-bond donors (Lipinski definition) is 15. The molecule has 0 unspecified atom stereocenters. The molecule has 0 spiro atoms. The molecule has 12 atom stereocenters. The molecular weight excluding hydrogens is 1080 g/mol. The van der Waals surface area contributed by atoms with Gasteiger partial charge < -0.3 is 84.9 Å². The fraction of sp³-hybridized carbons (Fsp3) is 0.482. The predicted octanol–water partition coefficient (Wildman–Crippen LogP) is -2.74. The fourth-order valence-electron chi connectivity index (χ4n) is 9.02. The predicted molar refractivity (Wildman–Crippen MR) is 297 cm³/mol. The van der Waals surface area contributed by atoms with Gasteiger partial charge >= 0.3 is 5.97 Å². The van der Waals surface area contributed by atoms with Gasteiger partial charge in [0, 0.05) is 38.6 Å². The summed E-state index contributed by atoms with van der Waals surface area (Å²) in [5, 5.41) is 68.5. The number of nitrogens with two attached hydrogens (primary N) is 3. The van der Waals surface area contributed by atoms with Crippen LogP contribution >= 0.6 is 0 Å². The number of rotatable bonds is 32. The first-order valence-corrected chi connectivity index (χ1v) is 27.1. The Morgan fingerprint density at radius 1 is 0.542 bits per heavy atom. The number of carboxylic acid groups (broad SMARTS) is 1. The smallest absolute Gasteiger partial charge is 0.328 e. The average molecular weight is 1160 g/mol. The number of hydrogen-bond acceptors (Lipinski definition) is 16. The average Bonchev–Trinajstić information content (AvgIpc) is 4.01. The van der Waals surface area contributed by atoms with Crippen LogP contribution in [0.25, 0.3) is 0 Å². The normalized spacial score (nSPS) is 17.0. The number of primary amides is 2. The van der Waals surface area contributed by atoms with Gasteiger partial charge in [0.15, 0.2) is 6.04 Å². The first-order valence-electron chi connectivity index (χ1n) is 27.1. The summed E-state index contributed by atoms with van der Waals surface area (Å²) in [5.41, 5.74) is 17.9. The third-order valence-electron chi connectivity index (χ3n) is 14.0. The monoisotopic (exact) mass is 1160 g/mol. The Morgan fingerprint density at radius 3 is 1.48 bits per heavy atom. The van der Waals surface area contributed by atoms with Gasteiger partial charge in [0.2, 0.25) is 59.1 Å². The van der Waals surface area contributed by atoms with Crippen molar-refractivity contribution in [2.24, 2.45) is 23.1 Å². The number of phenols is 2. The summed E-state index contributed by atoms with van der Waals surface area (Å²) in [6.07, 6.45) is -4.37. The molecule has 452 valence electrons. The molecule has 0 aliphatic carbocycles. The van der Waals surface area contributed by atoms with Gasteiger partial charge in [0.05, 0.1) is 18.2 Å². The van der Waals surface area contributed by atoms with Crippen LogP contribution in [0.15, 0.2) is 78.9 Å². The van der Waals surface area contributed by atoms with Crippen molar-refractivity contribution in [3.8, 4) is 11.5 Å². The molecule has 4 rings (SSSR count). The summed E-state index contributed by atoms with van der Waals surface area (Å²) in [5.74, 6) is -11.5. The van der Waals surface area contributed by atoms with Crippen LogP contribution in [0.3, 0.4) is 0 Å². The number of aliphatic hydroxyl groups excluding tert-OH is 2. The van der Waals surface area contributed by atoms with Gasteiger partial charge in [-0.3, -0.25) is 47.9 Å². The maximum Gasteiger partial charge on any atom is 0.328 e. The van der Waals surface area contributed by atoms with Crippen LogP contribution in [-0.4, -0.2) is 169 Å². The highest BCUT2D eigenvalue weighted by Crippen LogP contribution is 2.22. The van der Waals surface area contributed by atoms with E-state index in [1.807, 2.05) is 0 Å². The molecule has 18 N–H and O–H groups in total. The Kier molecular flexibility index (Phi) is 25.8. The molecule has 0 bridgehead atoms. The number of nitrogens with zero attached hydrogens (tertiary/aromatic N) is 1. The molecule has 27 heteroatoms. The van der Waals surface area contributed by atoms with Crippen LogP contribution < -0.4 is 54.4 Å². The second-order valence-corrected chi connectivity index (χ2v) is 20.6. The zero-order chi connectivity index (χ0) is 61.7. The molecule has 83 heavy (non-hydrogen) atoms. The van der Waals surface area contributed by atoms with Crippen LogP contribution in [0.4, 0.5) is 0 Å². The number of carboxylic acids is 1. The highest BCUT2D eigenvalue weighted by molar-refractivity contribution is 5.99. The Balaban J connectivity index is 1.62. The minimum absolute atomic E-state index is 0.00613. The lowest BCUT2D eigenvalue weighted by atomic mass is 9.96. The number of aliphatic hydroxyl groups is 2. The first-order chi connectivity index (χ1) is 39.2. The number of likely N-dealkylation sites (tertiary alicyclic amines) is 1. The molecule has 1 fully saturated rings. The van der Waals surface area contributed by atoms with E-state index >= 15 is 0 Å². The molecule has 3 aromatic rings. The van der Waals surface area contributed by atoms with E-state index in [2.05, 4.69) is 37.2 Å². The van der Waals surface area contributed by atoms with Crippen molar-refractivity contribution in [1.82, 2.24) is 42.1 Å². The Labute approximate surface area is 479 Å². The third kappa shape index (κ3) is 21.0. The van der Waals surface area contributed by atoms with Crippen molar-refractivity contribution in [2.75, 3.05) is 6.54 Å². The van der Waals surface area contributed by atoms with Crippen LogP contribution in [0.5, 0.6) is 11.5 Å². The van der Waals surface area contributed by atoms with E-state index in [1.165, 1.54) is 67.3 Å². The van der Waals surface area contributed by atoms with Gasteiger partial charge in [-0.1, -0.05) is 74.9 Å². The van der Waals surface area contributed by atoms with Gasteiger partial charge in [-0.15, -0.1) is 0 Å². The summed E-state index contributed by atoms with van der Waals surface area (Å²) in [6, 6.07) is 6.15. The molecule has 10 amide bonds. The van der Waals surface area contributed by atoms with Crippen molar-refractivity contribution in [1.29, 1.82) is 0 Å². The number of amides is 10. The molecule has 3 aromatic carbocycles. The van der Waals surface area contributed by atoms with E-state index < -0.39 is 144 Å². The molecule has 1 aliphatic rings. The largest absolute Gasteiger partial charge is 0.508 e. The molecule has 0 aromatic heterocycles. The minimum Gasteiger partial charge on any atom is -0.508 e. The maximum absolute atomic E-state index is 14.8. The molecule has 1 heterocycles. The molecule has 1 aliphatic heterocycles. The third-order valence-corrected chi connectivity index (χ3v) is 14.0. The topological polar surface area (TPSA) is 454 Å². The highest BCUT2D eigenvalue weighted by atomic mass is 16.4. The lowest BCUT2D eigenvalue weighted by Gasteiger charge is -2.32. The van der Waals surface area contributed by atoms with Crippen molar-refractivity contribution in [3.63, 3.8) is 0 Å². The van der Waals surface area contributed by atoms with Gasteiger partial charge in [0.25, 0.3) is 0 Å². The number of nitrogens with one attached hydrogen (secondary N) is 7. The molecular formula is C56H77N11O16. The van der Waals surface area contributed by atoms with E-state index in [-0.39, 0.29) is 75.8 Å². The Hall–Kier alpha value is -8.69. The Morgan fingerprint density at radius 2 is 0.976 bits per heavy atom. The van der Waals surface area contributed by atoms with Crippen LogP contribution in [0.1, 0.15) is 89.3 Å². The van der Waals surface area contributed by atoms with Crippen molar-refractivity contribution >= 4 is 65.0 Å². The summed E-state index contributed by atoms with van der Waals surface area (Å²) in [7, 11) is 0. The van der Waals surface area contributed by atoms with Crippen LogP contribution in [0.2, 0.25) is 0 Å². The lowest BCUT2D eigenvalue weighted by Crippen LogP contribution is -2.63. The summed E-state index contributed by atoms with van der Waals surface area (Å²) in [4.78, 5) is 149. The van der Waals surface area contributed by atoms with Crippen molar-refractivity contribution < 1.29 is 78.3 Å². The summed E-state index contributed by atoms with van der Waals surface area (Å²) < 4.78 is 0. The number of aromatic hydroxyl groups is 2. The zero-order valence-electron chi connectivity index (χ0n) is 46.6. The van der Waals surface area contributed by atoms with Crippen molar-refractivity contribution in [3.05, 3.63) is 95.6 Å². The van der Waals surface area contributed by atoms with E-state index in [0.717, 1.165) is 0 Å². The molecule has 0 radical (unpaired) electrons. The van der Waals surface area contributed by atoms with Crippen LogP contribution in [-0.2, 0) is 72.0 Å². The molecule has 1 saturated heterocycles. The number of phenolic OH excluding ortho intramolecular Hbond substituents is 2. The Bertz CT molecular complexity index is 2750. The zero-order valence-corrected chi connectivity index (χ0v) is 46.6. The van der Waals surface area contributed by atoms with Gasteiger partial charge in [-0.25, -0.2) is 4.79 Å². The summed E-state index contributed by atoms with van der Waals surface area (Å²) in [6.45, 7) is 5.64. The number of carbonyl (C=O) groups is 11. The van der Waals surface area contributed by atoms with E-state index in [4.69, 9.17) is 17.2 Å². The quantitative estimate of drug-likeness (QED) is 0.0302. The fourth-order valence-corrected chi connectivity index (χ4v) is 9.02. The molecule has 27 nitrogen and oxygen atoms in total. The minimum atomic E-state index is -1.82. The first kappa shape index (κ1) is 66.8. The van der Waals surface area contributed by atoms with E-state index in [9.17, 15) is 78.3 Å². The number of carbonyl (C=O) groups excluding carboxylic acids is 10. The van der Waals surface area contributed by atoms with E-state index in [0.29, 0.717) is 16.7 Å². The maximum atomic E-state index is 14.8. The SMILES string of the molecule is CC[C@H](C)[C@H](NC(=O)[C@H](Cc1ccc(O)cc1)NC(=O)[C@H](CCC(N)=O)NC(=O)[C@@H](N)CCC(N)=O)C(=O)N[C@H](C(=O)N[C@@H](Cc1ccc(O)cc1)C(=O)N1CCC[C@H]1C(=O)N[C@@H](Cc1ccccc1)C(=O)N[C@H](C(=O)O)[C@@H](C)O)[C@@H](C)O. The second-order valence-electron chi connectivity index (χ2n) is 20.6. The number of benzene rings is 3. The van der Waals surface area contributed by atoms with Gasteiger partial charge in [0.1, 0.15) is 53.8 Å². The standard InChI is InChI=1S/C56H77N11O16/c1-5-29(2)45(64-50(76)39(27-33-13-17-35(70)18-14-33)61-49(75)38(22-24-44(59)73)60-48(74)37(57)21-23-43(58)72)53(79)65-46(30(3)68)54(80)63-41(28-34-15-19-36(71)20-16-34)55(81)67-25-9-12-42(67)52(78)62-40(26-32-10-7-6-8-11-32)51(77)66-47(31(4)69)56(82)83/h6-8,10-11,13-20,29-31,37-42,45-47,68-71H,5,9,12,21-28,57H2,1-4H3,(H2,58,72)(H2,59,73)(H,60,74)(H,61,75)(H,62,78)(H,63,80)(H,64,76)(H,65,79)(H,66,77)(H,82,83)/t29-,30+,31+,37-,38-,39-,40-,41-,42-,45-,46-,47-/m0/s1. The lowest BCUT2D eigenvalue weighted by molar-refractivity contribution is -0.145. The molecule has 0 saturated carbocycles. The van der Waals surface area contributed by atoms with E-state index in [1.54, 1.807) is 44.2 Å². The van der Waals surface area contributed by atoms with Gasteiger partial charge in [-0.05, 0) is 86.4 Å². The van der Waals surface area contributed by atoms with Crippen molar-refractivity contribution in [2.45, 2.75) is 158 Å². The van der Waals surface area contributed by atoms with Gasteiger partial charge in [-0.2, -0.15) is 0 Å². The second kappa shape index (κ2) is 32.1. The van der Waals surface area contributed by atoms with Crippen LogP contribution in [0, 0.1) is 5.92 Å².